The van der Waals surface area contributed by atoms with Crippen molar-refractivity contribution in [3.05, 3.63) is 53.4 Å². The minimum absolute atomic E-state index is 0.311. The Bertz CT molecular complexity index is 825. The predicted molar refractivity (Wildman–Crippen MR) is 81.6 cm³/mol. The highest BCUT2D eigenvalue weighted by molar-refractivity contribution is 5.89. The van der Waals surface area contributed by atoms with Gasteiger partial charge in [0.15, 0.2) is 0 Å². The fourth-order valence-electron chi connectivity index (χ4n) is 2.98. The molecule has 0 bridgehead atoms. The smallest absolute Gasteiger partial charge is 0.414 e. The molecule has 4 rings (SSSR count). The molecule has 1 aromatic heterocycles. The Morgan fingerprint density at radius 2 is 2.29 bits per heavy atom. The molecular weight excluding hydrogens is 313 g/mol. The van der Waals surface area contributed by atoms with Crippen LogP contribution >= 0.6 is 0 Å². The molecule has 1 aliphatic heterocycles. The first kappa shape index (κ1) is 14.6. The van der Waals surface area contributed by atoms with Crippen molar-refractivity contribution in [1.29, 1.82) is 0 Å². The third kappa shape index (κ3) is 2.38. The molecule has 1 atom stereocenters. The number of anilines is 1. The number of carbonyl (C=O) groups excluding carboxylic acids is 1. The Balaban J connectivity index is 1.53. The van der Waals surface area contributed by atoms with Crippen LogP contribution in [0.1, 0.15) is 18.4 Å². The van der Waals surface area contributed by atoms with Crippen LogP contribution in [-0.4, -0.2) is 33.7 Å². The van der Waals surface area contributed by atoms with E-state index in [0.29, 0.717) is 37.2 Å². The molecular formula is C16H14FN5O2. The monoisotopic (exact) mass is 327 g/mol. The third-order valence-corrected chi connectivity index (χ3v) is 4.44. The lowest BCUT2D eigenvalue weighted by atomic mass is 10.0. The van der Waals surface area contributed by atoms with Crippen molar-refractivity contribution >= 4 is 11.8 Å². The van der Waals surface area contributed by atoms with Crippen LogP contribution in [0.5, 0.6) is 0 Å². The van der Waals surface area contributed by atoms with E-state index < -0.39 is 17.4 Å². The van der Waals surface area contributed by atoms with Gasteiger partial charge in [-0.1, -0.05) is 5.21 Å². The van der Waals surface area contributed by atoms with Gasteiger partial charge in [0.25, 0.3) is 5.54 Å². The molecule has 2 aromatic rings. The van der Waals surface area contributed by atoms with E-state index in [2.05, 4.69) is 15.2 Å². The highest BCUT2D eigenvalue weighted by atomic mass is 19.1. The fourth-order valence-corrected chi connectivity index (χ4v) is 2.98. The summed E-state index contributed by atoms with van der Waals surface area (Å²) in [6.07, 6.45) is 3.70. The number of carbonyl (C=O) groups is 1. The molecule has 122 valence electrons. The SMILES string of the molecule is [C-]#[N+]C1(c2ccc(N3C[C@H](Cn4ccnn4)OC3=O)cc2F)CC1. The summed E-state index contributed by atoms with van der Waals surface area (Å²) in [7, 11) is 0. The van der Waals surface area contributed by atoms with Crippen LogP contribution in [-0.2, 0) is 16.8 Å². The largest absolute Gasteiger partial charge is 0.442 e. The van der Waals surface area contributed by atoms with E-state index in [1.807, 2.05) is 0 Å². The molecule has 1 aliphatic carbocycles. The van der Waals surface area contributed by atoms with Crippen LogP contribution in [0.15, 0.2) is 30.6 Å². The number of cyclic esters (lactones) is 1. The van der Waals surface area contributed by atoms with Crippen molar-refractivity contribution in [2.24, 2.45) is 0 Å². The molecule has 0 spiro atoms. The Hall–Kier alpha value is -2.95. The summed E-state index contributed by atoms with van der Waals surface area (Å²) < 4.78 is 21.3. The number of ether oxygens (including phenoxy) is 1. The second-order valence-electron chi connectivity index (χ2n) is 6.05. The van der Waals surface area contributed by atoms with Gasteiger partial charge >= 0.3 is 6.09 Å². The standard InChI is InChI=1S/C16H14FN5O2/c1-18-16(4-5-16)13-3-2-11(8-14(13)17)22-10-12(24-15(22)23)9-21-7-6-19-20-21/h2-3,6-8,12H,4-5,9-10H2/t12-/m0/s1. The number of benzene rings is 1. The lowest BCUT2D eigenvalue weighted by Gasteiger charge is -2.14. The first-order valence-electron chi connectivity index (χ1n) is 7.62. The number of nitrogens with zero attached hydrogens (tertiary/aromatic N) is 5. The maximum atomic E-state index is 14.4. The van der Waals surface area contributed by atoms with Gasteiger partial charge in [0.05, 0.1) is 30.5 Å². The molecule has 2 aliphatic rings. The summed E-state index contributed by atoms with van der Waals surface area (Å²) in [5.41, 5.74) is 0.139. The summed E-state index contributed by atoms with van der Waals surface area (Å²) in [6.45, 7) is 7.94. The molecule has 1 saturated carbocycles. The van der Waals surface area contributed by atoms with Crippen LogP contribution in [0, 0.1) is 12.4 Å². The number of aromatic nitrogens is 3. The Morgan fingerprint density at radius 3 is 2.92 bits per heavy atom. The van der Waals surface area contributed by atoms with Crippen LogP contribution < -0.4 is 4.90 Å². The molecule has 7 nitrogen and oxygen atoms in total. The minimum atomic E-state index is -0.705. The second-order valence-corrected chi connectivity index (χ2v) is 6.05. The number of halogens is 1. The highest BCUT2D eigenvalue weighted by Gasteiger charge is 2.54. The van der Waals surface area contributed by atoms with Gasteiger partial charge in [-0.05, 0) is 18.2 Å². The van der Waals surface area contributed by atoms with Gasteiger partial charge in [-0.3, -0.25) is 4.90 Å². The van der Waals surface area contributed by atoms with Gasteiger partial charge in [0.2, 0.25) is 0 Å². The van der Waals surface area contributed by atoms with Crippen LogP contribution in [0.25, 0.3) is 4.85 Å². The molecule has 1 amide bonds. The van der Waals surface area contributed by atoms with Crippen molar-refractivity contribution in [3.63, 3.8) is 0 Å². The molecule has 8 heteroatoms. The topological polar surface area (TPSA) is 64.6 Å². The molecule has 1 aromatic carbocycles. The van der Waals surface area contributed by atoms with Gasteiger partial charge in [-0.25, -0.2) is 20.4 Å². The molecule has 0 unspecified atom stereocenters. The van der Waals surface area contributed by atoms with E-state index in [-0.39, 0.29) is 6.10 Å². The van der Waals surface area contributed by atoms with Gasteiger partial charge in [-0.15, -0.1) is 5.10 Å². The van der Waals surface area contributed by atoms with Gasteiger partial charge in [0, 0.05) is 19.0 Å². The molecule has 2 fully saturated rings. The van der Waals surface area contributed by atoms with Gasteiger partial charge in [-0.2, -0.15) is 0 Å². The van der Waals surface area contributed by atoms with Gasteiger partial charge in [0.1, 0.15) is 11.9 Å². The van der Waals surface area contributed by atoms with Crippen molar-refractivity contribution in [3.8, 4) is 0 Å². The fraction of sp³-hybridized carbons (Fsp3) is 0.375. The molecule has 0 N–H and O–H groups in total. The van der Waals surface area contributed by atoms with E-state index in [1.54, 1.807) is 29.2 Å². The van der Waals surface area contributed by atoms with Crippen LogP contribution in [0.3, 0.4) is 0 Å². The second kappa shape index (κ2) is 5.30. The normalized spacial score (nSPS) is 21.4. The first-order valence-corrected chi connectivity index (χ1v) is 7.62. The zero-order valence-electron chi connectivity index (χ0n) is 12.7. The summed E-state index contributed by atoms with van der Waals surface area (Å²) in [5.74, 6) is -0.450. The Morgan fingerprint density at radius 1 is 1.46 bits per heavy atom. The van der Waals surface area contributed by atoms with Crippen LogP contribution in [0.4, 0.5) is 14.9 Å². The summed E-state index contributed by atoms with van der Waals surface area (Å²) in [6, 6.07) is 4.58. The minimum Gasteiger partial charge on any atom is -0.442 e. The van der Waals surface area contributed by atoms with E-state index >= 15 is 0 Å². The predicted octanol–water partition coefficient (Wildman–Crippen LogP) is 2.35. The third-order valence-electron chi connectivity index (χ3n) is 4.44. The summed E-state index contributed by atoms with van der Waals surface area (Å²) in [4.78, 5) is 17.0. The zero-order valence-corrected chi connectivity index (χ0v) is 12.7. The average molecular weight is 327 g/mol. The van der Waals surface area contributed by atoms with Crippen LogP contribution in [0.2, 0.25) is 0 Å². The van der Waals surface area contributed by atoms with E-state index in [0.717, 1.165) is 0 Å². The number of hydrogen-bond donors (Lipinski definition) is 0. The number of rotatable bonds is 4. The summed E-state index contributed by atoms with van der Waals surface area (Å²) >= 11 is 0. The Kier molecular flexibility index (Phi) is 3.23. The molecule has 1 saturated heterocycles. The van der Waals surface area contributed by atoms with E-state index in [4.69, 9.17) is 11.3 Å². The lowest BCUT2D eigenvalue weighted by molar-refractivity contribution is 0.129. The summed E-state index contributed by atoms with van der Waals surface area (Å²) in [5, 5.41) is 7.54. The average Bonchev–Trinajstić information content (AvgIpc) is 3.02. The molecule has 0 radical (unpaired) electrons. The molecule has 24 heavy (non-hydrogen) atoms. The zero-order chi connectivity index (χ0) is 16.7. The van der Waals surface area contributed by atoms with E-state index in [9.17, 15) is 9.18 Å². The quantitative estimate of drug-likeness (QED) is 0.809. The molecule has 2 heterocycles. The van der Waals surface area contributed by atoms with Crippen molar-refractivity contribution in [2.45, 2.75) is 31.0 Å². The first-order chi connectivity index (χ1) is 11.6. The van der Waals surface area contributed by atoms with Gasteiger partial charge < -0.3 is 9.58 Å². The van der Waals surface area contributed by atoms with Crippen molar-refractivity contribution < 1.29 is 13.9 Å². The maximum absolute atomic E-state index is 14.4. The number of amides is 1. The number of hydrogen-bond acceptors (Lipinski definition) is 4. The maximum Gasteiger partial charge on any atom is 0.414 e. The van der Waals surface area contributed by atoms with Crippen molar-refractivity contribution in [1.82, 2.24) is 15.0 Å². The lowest BCUT2D eigenvalue weighted by Crippen LogP contribution is -2.26. The van der Waals surface area contributed by atoms with E-state index in [1.165, 1.54) is 11.0 Å². The highest BCUT2D eigenvalue weighted by Crippen LogP contribution is 2.50. The Labute approximate surface area is 137 Å². The van der Waals surface area contributed by atoms with Crippen molar-refractivity contribution in [2.75, 3.05) is 11.4 Å².